The molecular formula is C21H29NO3S. The van der Waals surface area contributed by atoms with E-state index in [1.54, 1.807) is 18.2 Å². The molecule has 0 fully saturated rings. The van der Waals surface area contributed by atoms with E-state index in [1.807, 2.05) is 31.2 Å². The highest BCUT2D eigenvalue weighted by Crippen LogP contribution is 2.28. The van der Waals surface area contributed by atoms with Crippen molar-refractivity contribution in [2.24, 2.45) is 0 Å². The number of hydrogen-bond acceptors (Lipinski definition) is 3. The summed E-state index contributed by atoms with van der Waals surface area (Å²) in [5, 5.41) is 9.65. The Bertz CT molecular complexity index is 816. The highest BCUT2D eigenvalue weighted by molar-refractivity contribution is 7.92. The number of aryl methyl sites for hydroxylation is 1. The standard InChI is InChI=1S/C21H29NO3S/c1-3-4-5-6-7-8-14-26(24,25)22-21-16-19(13-12-17(21)2)18-10-9-11-20(23)15-18/h9-13,15-16,22-23H,3-8,14H2,1-2H3. The van der Waals surface area contributed by atoms with Gasteiger partial charge in [0.15, 0.2) is 0 Å². The van der Waals surface area contributed by atoms with E-state index in [4.69, 9.17) is 0 Å². The third-order valence-electron chi connectivity index (χ3n) is 4.45. The number of aromatic hydroxyl groups is 1. The molecule has 0 aliphatic rings. The quantitative estimate of drug-likeness (QED) is 0.541. The van der Waals surface area contributed by atoms with Crippen molar-refractivity contribution in [2.45, 2.75) is 52.4 Å². The summed E-state index contributed by atoms with van der Waals surface area (Å²) >= 11 is 0. The van der Waals surface area contributed by atoms with Gasteiger partial charge in [-0.3, -0.25) is 4.72 Å². The van der Waals surface area contributed by atoms with E-state index < -0.39 is 10.0 Å². The van der Waals surface area contributed by atoms with Crippen LogP contribution >= 0.6 is 0 Å². The maximum atomic E-state index is 12.4. The van der Waals surface area contributed by atoms with Crippen LogP contribution < -0.4 is 4.72 Å². The fraction of sp³-hybridized carbons (Fsp3) is 0.429. The van der Waals surface area contributed by atoms with E-state index in [9.17, 15) is 13.5 Å². The Balaban J connectivity index is 2.02. The van der Waals surface area contributed by atoms with Gasteiger partial charge in [0, 0.05) is 0 Å². The average molecular weight is 376 g/mol. The first-order chi connectivity index (χ1) is 12.4. The van der Waals surface area contributed by atoms with Crippen LogP contribution in [0.1, 0.15) is 51.0 Å². The van der Waals surface area contributed by atoms with Gasteiger partial charge in [-0.1, -0.05) is 63.3 Å². The van der Waals surface area contributed by atoms with Crippen molar-refractivity contribution in [3.8, 4) is 16.9 Å². The number of anilines is 1. The highest BCUT2D eigenvalue weighted by Gasteiger charge is 2.12. The number of benzene rings is 2. The Hall–Kier alpha value is -2.01. The maximum Gasteiger partial charge on any atom is 0.232 e. The zero-order chi connectivity index (χ0) is 19.0. The van der Waals surface area contributed by atoms with Crippen LogP contribution in [0.5, 0.6) is 5.75 Å². The van der Waals surface area contributed by atoms with E-state index in [1.165, 1.54) is 19.3 Å². The van der Waals surface area contributed by atoms with Crippen molar-refractivity contribution in [3.05, 3.63) is 48.0 Å². The fourth-order valence-corrected chi connectivity index (χ4v) is 4.13. The van der Waals surface area contributed by atoms with Crippen LogP contribution in [-0.2, 0) is 10.0 Å². The van der Waals surface area contributed by atoms with Gasteiger partial charge in [0.2, 0.25) is 10.0 Å². The number of sulfonamides is 1. The first-order valence-corrected chi connectivity index (χ1v) is 11.0. The van der Waals surface area contributed by atoms with Gasteiger partial charge in [-0.2, -0.15) is 0 Å². The summed E-state index contributed by atoms with van der Waals surface area (Å²) in [7, 11) is -3.36. The molecule has 26 heavy (non-hydrogen) atoms. The molecule has 0 heterocycles. The molecule has 4 nitrogen and oxygen atoms in total. The Labute approximate surface area is 157 Å². The van der Waals surface area contributed by atoms with Gasteiger partial charge in [-0.15, -0.1) is 0 Å². The smallest absolute Gasteiger partial charge is 0.232 e. The number of unbranched alkanes of at least 4 members (excludes halogenated alkanes) is 5. The molecule has 0 saturated heterocycles. The minimum Gasteiger partial charge on any atom is -0.508 e. The van der Waals surface area contributed by atoms with E-state index in [0.29, 0.717) is 12.1 Å². The summed E-state index contributed by atoms with van der Waals surface area (Å²) < 4.78 is 27.5. The minimum atomic E-state index is -3.36. The zero-order valence-electron chi connectivity index (χ0n) is 15.7. The summed E-state index contributed by atoms with van der Waals surface area (Å²) in [6.07, 6.45) is 6.30. The normalized spacial score (nSPS) is 11.5. The number of hydrogen-bond donors (Lipinski definition) is 2. The van der Waals surface area contributed by atoms with Crippen molar-refractivity contribution in [1.82, 2.24) is 0 Å². The van der Waals surface area contributed by atoms with Gasteiger partial charge >= 0.3 is 0 Å². The van der Waals surface area contributed by atoms with E-state index in [-0.39, 0.29) is 11.5 Å². The lowest BCUT2D eigenvalue weighted by Gasteiger charge is -2.13. The van der Waals surface area contributed by atoms with E-state index >= 15 is 0 Å². The molecule has 2 N–H and O–H groups in total. The van der Waals surface area contributed by atoms with E-state index in [2.05, 4.69) is 11.6 Å². The van der Waals surface area contributed by atoms with Crippen LogP contribution in [0.3, 0.4) is 0 Å². The number of phenolic OH excluding ortho intramolecular Hbond substituents is 1. The zero-order valence-corrected chi connectivity index (χ0v) is 16.5. The summed E-state index contributed by atoms with van der Waals surface area (Å²) in [5.41, 5.74) is 3.18. The van der Waals surface area contributed by atoms with Gasteiger partial charge in [0.05, 0.1) is 11.4 Å². The van der Waals surface area contributed by atoms with Crippen molar-refractivity contribution in [1.29, 1.82) is 0 Å². The number of rotatable bonds is 10. The maximum absolute atomic E-state index is 12.4. The summed E-state index contributed by atoms with van der Waals surface area (Å²) in [5.74, 6) is 0.336. The number of nitrogens with one attached hydrogen (secondary N) is 1. The topological polar surface area (TPSA) is 66.4 Å². The van der Waals surface area contributed by atoms with Crippen LogP contribution in [0, 0.1) is 6.92 Å². The van der Waals surface area contributed by atoms with Crippen molar-refractivity contribution < 1.29 is 13.5 Å². The third kappa shape index (κ3) is 6.37. The summed E-state index contributed by atoms with van der Waals surface area (Å²) in [4.78, 5) is 0. The molecular weight excluding hydrogens is 346 g/mol. The molecule has 0 atom stereocenters. The van der Waals surface area contributed by atoms with E-state index in [0.717, 1.165) is 29.5 Å². The summed E-state index contributed by atoms with van der Waals surface area (Å²) in [6.45, 7) is 4.05. The first-order valence-electron chi connectivity index (χ1n) is 9.32. The molecule has 0 amide bonds. The lowest BCUT2D eigenvalue weighted by molar-refractivity contribution is 0.475. The molecule has 5 heteroatoms. The molecule has 0 aliphatic carbocycles. The van der Waals surface area contributed by atoms with Gasteiger partial charge in [-0.25, -0.2) is 8.42 Å². The Kier molecular flexibility index (Phi) is 7.51. The van der Waals surface area contributed by atoms with Crippen molar-refractivity contribution >= 4 is 15.7 Å². The minimum absolute atomic E-state index is 0.148. The highest BCUT2D eigenvalue weighted by atomic mass is 32.2. The molecule has 0 saturated carbocycles. The van der Waals surface area contributed by atoms with Crippen LogP contribution in [0.4, 0.5) is 5.69 Å². The van der Waals surface area contributed by atoms with Gasteiger partial charge in [0.25, 0.3) is 0 Å². The second-order valence-corrected chi connectivity index (χ2v) is 8.61. The monoisotopic (exact) mass is 375 g/mol. The Morgan fingerprint density at radius 3 is 2.35 bits per heavy atom. The predicted molar refractivity (Wildman–Crippen MR) is 109 cm³/mol. The van der Waals surface area contributed by atoms with Gasteiger partial charge in [-0.05, 0) is 48.2 Å². The third-order valence-corrected chi connectivity index (χ3v) is 5.81. The average Bonchev–Trinajstić information content (AvgIpc) is 2.60. The molecule has 0 bridgehead atoms. The fourth-order valence-electron chi connectivity index (χ4n) is 2.89. The molecule has 0 aromatic heterocycles. The molecule has 0 radical (unpaired) electrons. The Morgan fingerprint density at radius 2 is 1.62 bits per heavy atom. The predicted octanol–water partition coefficient (Wildman–Crippen LogP) is 5.47. The van der Waals surface area contributed by atoms with Gasteiger partial charge in [0.1, 0.15) is 5.75 Å². The molecule has 0 aliphatic heterocycles. The first kappa shape index (κ1) is 20.3. The Morgan fingerprint density at radius 1 is 0.923 bits per heavy atom. The summed E-state index contributed by atoms with van der Waals surface area (Å²) in [6, 6.07) is 12.6. The molecule has 2 aromatic carbocycles. The lowest BCUT2D eigenvalue weighted by atomic mass is 10.0. The van der Waals surface area contributed by atoms with Crippen molar-refractivity contribution in [3.63, 3.8) is 0 Å². The molecule has 2 rings (SSSR count). The molecule has 2 aromatic rings. The van der Waals surface area contributed by atoms with Crippen LogP contribution in [-0.4, -0.2) is 19.3 Å². The van der Waals surface area contributed by atoms with Crippen LogP contribution in [0.25, 0.3) is 11.1 Å². The lowest BCUT2D eigenvalue weighted by Crippen LogP contribution is -2.17. The van der Waals surface area contributed by atoms with Crippen molar-refractivity contribution in [2.75, 3.05) is 10.5 Å². The molecule has 0 spiro atoms. The second kappa shape index (κ2) is 9.62. The number of phenols is 1. The molecule has 142 valence electrons. The molecule has 0 unspecified atom stereocenters. The second-order valence-electron chi connectivity index (χ2n) is 6.77. The van der Waals surface area contributed by atoms with Crippen LogP contribution in [0.2, 0.25) is 0 Å². The largest absolute Gasteiger partial charge is 0.508 e. The van der Waals surface area contributed by atoms with Gasteiger partial charge < -0.3 is 5.11 Å². The van der Waals surface area contributed by atoms with Crippen LogP contribution in [0.15, 0.2) is 42.5 Å². The SMILES string of the molecule is CCCCCCCCS(=O)(=O)Nc1cc(-c2cccc(O)c2)ccc1C.